The Bertz CT molecular complexity index is 1110. The highest BCUT2D eigenvalue weighted by atomic mass is 16.5. The van der Waals surface area contributed by atoms with Crippen LogP contribution < -0.4 is 10.1 Å². The van der Waals surface area contributed by atoms with Gasteiger partial charge in [-0.3, -0.25) is 4.90 Å². The zero-order valence-electron chi connectivity index (χ0n) is 19.4. The quantitative estimate of drug-likeness (QED) is 0.657. The number of ether oxygens (including phenoxy) is 1. The van der Waals surface area contributed by atoms with Crippen LogP contribution in [0.25, 0.3) is 0 Å². The van der Waals surface area contributed by atoms with Crippen molar-refractivity contribution in [2.45, 2.75) is 81.2 Å². The van der Waals surface area contributed by atoms with Gasteiger partial charge < -0.3 is 20.3 Å². The molecule has 2 heterocycles. The first-order valence-corrected chi connectivity index (χ1v) is 12.8. The molecule has 2 aromatic carbocycles. The average molecular weight is 447 g/mol. The van der Waals surface area contributed by atoms with Crippen LogP contribution >= 0.6 is 0 Å². The zero-order valence-corrected chi connectivity index (χ0v) is 19.4. The number of likely N-dealkylation sites (tertiary alicyclic amines) is 1. The highest BCUT2D eigenvalue weighted by Crippen LogP contribution is 2.65. The van der Waals surface area contributed by atoms with E-state index < -0.39 is 11.0 Å². The van der Waals surface area contributed by atoms with E-state index in [9.17, 15) is 10.2 Å². The standard InChI is InChI=1S/C28H34N2O3/c1-17-4-2-3-5-20(17)15-29-21-10-11-28(32)23-14-19-8-9-22(31)25-24(19)27(28,26(21)33-25)12-13-30(23)16-18-6-7-18/h2-5,8-9,18,21,23,26,29,31-32H,6-7,10-16H2,1H3/t21-,23+,26-,27-,28+/m0/s1. The van der Waals surface area contributed by atoms with Crippen LogP contribution in [-0.2, 0) is 18.4 Å². The van der Waals surface area contributed by atoms with Crippen molar-refractivity contribution in [3.8, 4) is 11.5 Å². The molecular weight excluding hydrogens is 412 g/mol. The van der Waals surface area contributed by atoms with Crippen LogP contribution in [0.2, 0.25) is 0 Å². The van der Waals surface area contributed by atoms with Crippen LogP contribution in [0, 0.1) is 12.8 Å². The third-order valence-electron chi connectivity index (χ3n) is 9.58. The molecule has 2 saturated carbocycles. The Hall–Kier alpha value is -2.08. The minimum Gasteiger partial charge on any atom is -0.504 e. The average Bonchev–Trinajstić information content (AvgIpc) is 3.55. The Morgan fingerprint density at radius 3 is 2.79 bits per heavy atom. The van der Waals surface area contributed by atoms with Gasteiger partial charge in [-0.2, -0.15) is 0 Å². The van der Waals surface area contributed by atoms with Gasteiger partial charge in [0.1, 0.15) is 6.10 Å². The van der Waals surface area contributed by atoms with E-state index in [4.69, 9.17) is 4.74 Å². The smallest absolute Gasteiger partial charge is 0.165 e. The van der Waals surface area contributed by atoms with Gasteiger partial charge in [0.2, 0.25) is 0 Å². The SMILES string of the molecule is Cc1ccccc1CN[C@H]1CC[C@@]2(O)[C@H]3Cc4ccc(O)c5c4[C@@]2(CCN3CC2CC2)[C@H]1O5. The number of benzene rings is 2. The fourth-order valence-corrected chi connectivity index (χ4v) is 7.74. The fraction of sp³-hybridized carbons (Fsp3) is 0.571. The van der Waals surface area contributed by atoms with E-state index in [1.165, 1.54) is 29.5 Å². The van der Waals surface area contributed by atoms with E-state index in [2.05, 4.69) is 47.5 Å². The summed E-state index contributed by atoms with van der Waals surface area (Å²) in [6.45, 7) is 5.06. The number of aryl methyl sites for hydroxylation is 1. The van der Waals surface area contributed by atoms with E-state index in [0.717, 1.165) is 56.8 Å². The van der Waals surface area contributed by atoms with E-state index in [1.807, 2.05) is 0 Å². The first-order chi connectivity index (χ1) is 16.0. The summed E-state index contributed by atoms with van der Waals surface area (Å²) in [7, 11) is 0. The lowest BCUT2D eigenvalue weighted by molar-refractivity contribution is -0.191. The Morgan fingerprint density at radius 1 is 1.12 bits per heavy atom. The van der Waals surface area contributed by atoms with Gasteiger partial charge in [-0.25, -0.2) is 0 Å². The van der Waals surface area contributed by atoms with Crippen LogP contribution in [-0.4, -0.2) is 52.0 Å². The molecule has 33 heavy (non-hydrogen) atoms. The third kappa shape index (κ3) is 2.70. The minimum absolute atomic E-state index is 0.137. The molecule has 2 aliphatic heterocycles. The first-order valence-electron chi connectivity index (χ1n) is 12.8. The number of phenols is 1. The lowest BCUT2D eigenvalue weighted by Gasteiger charge is -2.64. The second-order valence-corrected chi connectivity index (χ2v) is 11.2. The maximum Gasteiger partial charge on any atom is 0.165 e. The van der Waals surface area contributed by atoms with Gasteiger partial charge in [0.25, 0.3) is 0 Å². The topological polar surface area (TPSA) is 65.0 Å². The number of aromatic hydroxyl groups is 1. The van der Waals surface area contributed by atoms with Gasteiger partial charge in [-0.15, -0.1) is 0 Å². The molecule has 0 unspecified atom stereocenters. The normalized spacial score (nSPS) is 36.4. The molecule has 5 nitrogen and oxygen atoms in total. The van der Waals surface area contributed by atoms with E-state index in [1.54, 1.807) is 6.07 Å². The van der Waals surface area contributed by atoms with Crippen molar-refractivity contribution in [3.05, 3.63) is 58.7 Å². The molecule has 1 saturated heterocycles. The van der Waals surface area contributed by atoms with Gasteiger partial charge in [0.05, 0.1) is 11.0 Å². The molecule has 2 aromatic rings. The molecule has 174 valence electrons. The minimum atomic E-state index is -0.808. The number of hydrogen-bond donors (Lipinski definition) is 3. The van der Waals surface area contributed by atoms with Gasteiger partial charge in [-0.05, 0) is 80.7 Å². The van der Waals surface area contributed by atoms with Crippen LogP contribution in [0.5, 0.6) is 11.5 Å². The summed E-state index contributed by atoms with van der Waals surface area (Å²) < 4.78 is 6.64. The molecule has 2 bridgehead atoms. The maximum absolute atomic E-state index is 12.5. The number of phenolic OH excluding ortho intramolecular Hbond substituents is 1. The molecule has 5 atom stereocenters. The number of nitrogens with one attached hydrogen (secondary N) is 1. The van der Waals surface area contributed by atoms with E-state index >= 15 is 0 Å². The Kier molecular flexibility index (Phi) is 4.29. The number of hydrogen-bond acceptors (Lipinski definition) is 5. The van der Waals surface area contributed by atoms with Crippen molar-refractivity contribution in [1.29, 1.82) is 0 Å². The van der Waals surface area contributed by atoms with Gasteiger partial charge in [-0.1, -0.05) is 30.3 Å². The molecule has 0 amide bonds. The summed E-state index contributed by atoms with van der Waals surface area (Å²) in [5.74, 6) is 1.66. The molecule has 0 radical (unpaired) electrons. The summed E-state index contributed by atoms with van der Waals surface area (Å²) in [6, 6.07) is 12.7. The molecule has 7 rings (SSSR count). The molecule has 3 N–H and O–H groups in total. The van der Waals surface area contributed by atoms with Gasteiger partial charge >= 0.3 is 0 Å². The molecule has 3 fully saturated rings. The molecule has 5 heteroatoms. The predicted molar refractivity (Wildman–Crippen MR) is 127 cm³/mol. The molecule has 0 aromatic heterocycles. The lowest BCUT2D eigenvalue weighted by Crippen LogP contribution is -2.78. The van der Waals surface area contributed by atoms with Crippen molar-refractivity contribution in [2.24, 2.45) is 5.92 Å². The lowest BCUT2D eigenvalue weighted by atomic mass is 9.48. The molecule has 3 aliphatic carbocycles. The summed E-state index contributed by atoms with van der Waals surface area (Å²) in [6.07, 6.45) is 5.91. The second kappa shape index (κ2) is 6.97. The summed E-state index contributed by atoms with van der Waals surface area (Å²) in [5, 5.41) is 27.1. The van der Waals surface area contributed by atoms with Crippen LogP contribution in [0.15, 0.2) is 36.4 Å². The maximum atomic E-state index is 12.5. The van der Waals surface area contributed by atoms with Crippen LogP contribution in [0.4, 0.5) is 0 Å². The van der Waals surface area contributed by atoms with E-state index in [-0.39, 0.29) is 23.9 Å². The highest BCUT2D eigenvalue weighted by Gasteiger charge is 2.72. The highest BCUT2D eigenvalue weighted by molar-refractivity contribution is 5.62. The first kappa shape index (κ1) is 20.3. The molecular formula is C28H34N2O3. The van der Waals surface area contributed by atoms with Crippen molar-refractivity contribution in [1.82, 2.24) is 10.2 Å². The number of nitrogens with zero attached hydrogens (tertiary/aromatic N) is 1. The van der Waals surface area contributed by atoms with Crippen LogP contribution in [0.1, 0.15) is 54.4 Å². The van der Waals surface area contributed by atoms with Crippen molar-refractivity contribution in [2.75, 3.05) is 13.1 Å². The largest absolute Gasteiger partial charge is 0.504 e. The van der Waals surface area contributed by atoms with E-state index in [0.29, 0.717) is 5.75 Å². The second-order valence-electron chi connectivity index (χ2n) is 11.2. The van der Waals surface area contributed by atoms with Crippen molar-refractivity contribution >= 4 is 0 Å². The Balaban J connectivity index is 1.28. The molecule has 1 spiro atoms. The van der Waals surface area contributed by atoms with Crippen molar-refractivity contribution in [3.63, 3.8) is 0 Å². The number of aliphatic hydroxyl groups is 1. The number of piperidine rings is 1. The third-order valence-corrected chi connectivity index (χ3v) is 9.58. The summed E-state index contributed by atoms with van der Waals surface area (Å²) >= 11 is 0. The zero-order chi connectivity index (χ0) is 22.4. The van der Waals surface area contributed by atoms with Crippen molar-refractivity contribution < 1.29 is 14.9 Å². The number of rotatable bonds is 5. The monoisotopic (exact) mass is 446 g/mol. The molecule has 5 aliphatic rings. The summed E-state index contributed by atoms with van der Waals surface area (Å²) in [4.78, 5) is 2.59. The summed E-state index contributed by atoms with van der Waals surface area (Å²) in [5.41, 5.74) is 3.71. The van der Waals surface area contributed by atoms with Gasteiger partial charge in [0, 0.05) is 30.7 Å². The van der Waals surface area contributed by atoms with Crippen LogP contribution in [0.3, 0.4) is 0 Å². The Labute approximate surface area is 195 Å². The predicted octanol–water partition coefficient (Wildman–Crippen LogP) is 3.42. The Morgan fingerprint density at radius 2 is 1.97 bits per heavy atom. The van der Waals surface area contributed by atoms with Gasteiger partial charge in [0.15, 0.2) is 11.5 Å². The fourth-order valence-electron chi connectivity index (χ4n) is 7.74.